The molecule has 0 unspecified atom stereocenters. The molecule has 1 aromatic carbocycles. The second kappa shape index (κ2) is 6.48. The van der Waals surface area contributed by atoms with E-state index in [0.717, 1.165) is 18.4 Å². The molecule has 1 aromatic rings. The number of rotatable bonds is 3. The van der Waals surface area contributed by atoms with Gasteiger partial charge in [0.25, 0.3) is 0 Å². The first-order chi connectivity index (χ1) is 10.7. The van der Waals surface area contributed by atoms with E-state index in [4.69, 9.17) is 10.5 Å². The number of nitrogens with zero attached hydrogens (tertiary/aromatic N) is 1. The average Bonchev–Trinajstić information content (AvgIpc) is 3.05. The molecule has 118 valence electrons. The smallest absolute Gasteiger partial charge is 0.228 e. The fourth-order valence-corrected chi connectivity index (χ4v) is 3.43. The molecule has 2 heterocycles. The summed E-state index contributed by atoms with van der Waals surface area (Å²) in [5, 5.41) is 0. The Morgan fingerprint density at radius 2 is 1.95 bits per heavy atom. The van der Waals surface area contributed by atoms with E-state index in [9.17, 15) is 9.59 Å². The van der Waals surface area contributed by atoms with Crippen LogP contribution in [0.1, 0.15) is 30.9 Å². The Morgan fingerprint density at radius 1 is 1.18 bits per heavy atom. The van der Waals surface area contributed by atoms with Gasteiger partial charge in [-0.05, 0) is 24.8 Å². The Bertz CT molecular complexity index is 546. The summed E-state index contributed by atoms with van der Waals surface area (Å²) >= 11 is 0. The summed E-state index contributed by atoms with van der Waals surface area (Å²) < 4.78 is 5.89. The van der Waals surface area contributed by atoms with Crippen molar-refractivity contribution in [3.8, 4) is 0 Å². The molecular formula is C17H22N2O3. The van der Waals surface area contributed by atoms with Crippen LogP contribution in [-0.2, 0) is 14.3 Å². The van der Waals surface area contributed by atoms with Crippen LogP contribution in [0.5, 0.6) is 0 Å². The molecule has 2 fully saturated rings. The van der Waals surface area contributed by atoms with Crippen molar-refractivity contribution in [2.45, 2.75) is 25.4 Å². The van der Waals surface area contributed by atoms with Gasteiger partial charge in [-0.3, -0.25) is 9.59 Å². The van der Waals surface area contributed by atoms with E-state index < -0.39 is 0 Å². The minimum absolute atomic E-state index is 0.0947. The van der Waals surface area contributed by atoms with E-state index in [1.54, 1.807) is 4.90 Å². The monoisotopic (exact) mass is 302 g/mol. The van der Waals surface area contributed by atoms with Gasteiger partial charge in [-0.15, -0.1) is 0 Å². The van der Waals surface area contributed by atoms with Crippen LogP contribution in [0.2, 0.25) is 0 Å². The lowest BCUT2D eigenvalue weighted by Gasteiger charge is -2.33. The lowest BCUT2D eigenvalue weighted by Crippen LogP contribution is -2.40. The summed E-state index contributed by atoms with van der Waals surface area (Å²) in [7, 11) is 0. The normalized spacial score (nSPS) is 28.5. The van der Waals surface area contributed by atoms with Gasteiger partial charge in [0.05, 0.1) is 17.9 Å². The molecule has 3 atom stereocenters. The van der Waals surface area contributed by atoms with Gasteiger partial charge < -0.3 is 15.4 Å². The van der Waals surface area contributed by atoms with Gasteiger partial charge in [0.2, 0.25) is 11.8 Å². The molecule has 2 N–H and O–H groups in total. The molecule has 2 saturated heterocycles. The Hall–Kier alpha value is -1.88. The molecule has 0 spiro atoms. The highest BCUT2D eigenvalue weighted by Crippen LogP contribution is 2.35. The molecule has 0 radical (unpaired) electrons. The molecule has 2 amide bonds. The van der Waals surface area contributed by atoms with Crippen LogP contribution < -0.4 is 5.73 Å². The third kappa shape index (κ3) is 2.99. The van der Waals surface area contributed by atoms with E-state index in [0.29, 0.717) is 26.1 Å². The predicted octanol–water partition coefficient (Wildman–Crippen LogP) is 1.49. The molecule has 5 nitrogen and oxygen atoms in total. The SMILES string of the molecule is NC(=O)[C@@H]1CCN(C(=O)[C@@H]2CCCO[C@H]2c2ccccc2)C1. The molecule has 0 saturated carbocycles. The van der Waals surface area contributed by atoms with Crippen LogP contribution in [0.15, 0.2) is 30.3 Å². The standard InChI is InChI=1S/C17H22N2O3/c18-16(20)13-8-9-19(11-13)17(21)14-7-4-10-22-15(14)12-5-2-1-3-6-12/h1-3,5-6,13-15H,4,7-11H2,(H2,18,20)/t13-,14-,15+/m1/s1. The van der Waals surface area contributed by atoms with Crippen LogP contribution in [0.3, 0.4) is 0 Å². The number of primary amides is 1. The fourth-order valence-electron chi connectivity index (χ4n) is 3.43. The summed E-state index contributed by atoms with van der Waals surface area (Å²) in [4.78, 5) is 25.9. The number of nitrogens with two attached hydrogens (primary N) is 1. The minimum atomic E-state index is -0.310. The molecule has 2 aliphatic heterocycles. The largest absolute Gasteiger partial charge is 0.373 e. The van der Waals surface area contributed by atoms with Crippen molar-refractivity contribution in [3.63, 3.8) is 0 Å². The van der Waals surface area contributed by atoms with Crippen LogP contribution >= 0.6 is 0 Å². The number of likely N-dealkylation sites (tertiary alicyclic amines) is 1. The van der Waals surface area contributed by atoms with E-state index >= 15 is 0 Å². The fraction of sp³-hybridized carbons (Fsp3) is 0.529. The van der Waals surface area contributed by atoms with Crippen molar-refractivity contribution in [3.05, 3.63) is 35.9 Å². The predicted molar refractivity (Wildman–Crippen MR) is 81.7 cm³/mol. The number of ether oxygens (including phenoxy) is 1. The summed E-state index contributed by atoms with van der Waals surface area (Å²) in [6.07, 6.45) is 2.21. The highest BCUT2D eigenvalue weighted by Gasteiger charge is 2.38. The van der Waals surface area contributed by atoms with E-state index in [1.807, 2.05) is 30.3 Å². The first-order valence-electron chi connectivity index (χ1n) is 7.91. The van der Waals surface area contributed by atoms with Gasteiger partial charge in [0.1, 0.15) is 0 Å². The molecule has 0 aromatic heterocycles. The lowest BCUT2D eigenvalue weighted by atomic mass is 9.88. The average molecular weight is 302 g/mol. The van der Waals surface area contributed by atoms with E-state index in [-0.39, 0.29) is 29.8 Å². The summed E-state index contributed by atoms with van der Waals surface area (Å²) in [5.74, 6) is -0.585. The van der Waals surface area contributed by atoms with Crippen molar-refractivity contribution in [1.29, 1.82) is 0 Å². The molecule has 3 rings (SSSR count). The number of carbonyl (C=O) groups is 2. The first kappa shape index (κ1) is 15.0. The van der Waals surface area contributed by atoms with Gasteiger partial charge in [0.15, 0.2) is 0 Å². The van der Waals surface area contributed by atoms with Crippen molar-refractivity contribution >= 4 is 11.8 Å². The van der Waals surface area contributed by atoms with Crippen LogP contribution in [0.25, 0.3) is 0 Å². The highest BCUT2D eigenvalue weighted by atomic mass is 16.5. The second-order valence-corrected chi connectivity index (χ2v) is 6.12. The Labute approximate surface area is 130 Å². The number of benzene rings is 1. The van der Waals surface area contributed by atoms with Crippen LogP contribution in [0, 0.1) is 11.8 Å². The molecule has 0 bridgehead atoms. The first-order valence-corrected chi connectivity index (χ1v) is 7.91. The maximum Gasteiger partial charge on any atom is 0.228 e. The Morgan fingerprint density at radius 3 is 2.64 bits per heavy atom. The maximum absolute atomic E-state index is 12.8. The van der Waals surface area contributed by atoms with Gasteiger partial charge >= 0.3 is 0 Å². The van der Waals surface area contributed by atoms with Crippen LogP contribution in [0.4, 0.5) is 0 Å². The van der Waals surface area contributed by atoms with Crippen molar-refractivity contribution in [2.75, 3.05) is 19.7 Å². The zero-order chi connectivity index (χ0) is 15.5. The van der Waals surface area contributed by atoms with Gasteiger partial charge in [-0.1, -0.05) is 30.3 Å². The van der Waals surface area contributed by atoms with Gasteiger partial charge in [-0.2, -0.15) is 0 Å². The number of hydrogen-bond acceptors (Lipinski definition) is 3. The number of hydrogen-bond donors (Lipinski definition) is 1. The molecule has 22 heavy (non-hydrogen) atoms. The molecule has 2 aliphatic rings. The highest BCUT2D eigenvalue weighted by molar-refractivity contribution is 5.83. The minimum Gasteiger partial charge on any atom is -0.373 e. The number of amides is 2. The molecular weight excluding hydrogens is 280 g/mol. The Balaban J connectivity index is 1.74. The zero-order valence-corrected chi connectivity index (χ0v) is 12.6. The molecule has 5 heteroatoms. The summed E-state index contributed by atoms with van der Waals surface area (Å²) in [6.45, 7) is 1.75. The third-order valence-electron chi connectivity index (χ3n) is 4.67. The van der Waals surface area contributed by atoms with Crippen LogP contribution in [-0.4, -0.2) is 36.4 Å². The third-order valence-corrected chi connectivity index (χ3v) is 4.67. The van der Waals surface area contributed by atoms with Gasteiger partial charge in [-0.25, -0.2) is 0 Å². The zero-order valence-electron chi connectivity index (χ0n) is 12.6. The summed E-state index contributed by atoms with van der Waals surface area (Å²) in [5.41, 5.74) is 6.40. The topological polar surface area (TPSA) is 72.6 Å². The van der Waals surface area contributed by atoms with Gasteiger partial charge in [0, 0.05) is 19.7 Å². The quantitative estimate of drug-likeness (QED) is 0.919. The lowest BCUT2D eigenvalue weighted by molar-refractivity contribution is -0.144. The second-order valence-electron chi connectivity index (χ2n) is 6.12. The van der Waals surface area contributed by atoms with Crippen molar-refractivity contribution in [2.24, 2.45) is 17.6 Å². The van der Waals surface area contributed by atoms with Crippen molar-refractivity contribution < 1.29 is 14.3 Å². The Kier molecular flexibility index (Phi) is 4.43. The van der Waals surface area contributed by atoms with E-state index in [1.165, 1.54) is 0 Å². The van der Waals surface area contributed by atoms with Crippen molar-refractivity contribution in [1.82, 2.24) is 4.90 Å². The molecule has 0 aliphatic carbocycles. The summed E-state index contributed by atoms with van der Waals surface area (Å²) in [6, 6.07) is 9.90. The van der Waals surface area contributed by atoms with E-state index in [2.05, 4.69) is 0 Å². The number of carbonyl (C=O) groups excluding carboxylic acids is 2. The maximum atomic E-state index is 12.8.